The van der Waals surface area contributed by atoms with Gasteiger partial charge in [0, 0.05) is 44.5 Å². The van der Waals surface area contributed by atoms with Crippen LogP contribution in [0, 0.1) is 5.92 Å². The van der Waals surface area contributed by atoms with Crippen molar-refractivity contribution in [3.05, 3.63) is 23.9 Å². The van der Waals surface area contributed by atoms with Gasteiger partial charge >= 0.3 is 5.97 Å². The number of hydrogen-bond acceptors (Lipinski definition) is 6. The van der Waals surface area contributed by atoms with E-state index in [1.807, 2.05) is 12.3 Å². The van der Waals surface area contributed by atoms with Crippen LogP contribution < -0.4 is 10.2 Å². The molecule has 29 heavy (non-hydrogen) atoms. The van der Waals surface area contributed by atoms with Crippen LogP contribution in [0.2, 0.25) is 0 Å². The Morgan fingerprint density at radius 1 is 1.31 bits per heavy atom. The number of hydrogen-bond donors (Lipinski definition) is 1. The zero-order valence-corrected chi connectivity index (χ0v) is 19.6. The lowest BCUT2D eigenvalue weighted by atomic mass is 9.97. The molecular formula is C20H32IN5O3. The molecule has 1 aromatic heterocycles. The molecule has 162 valence electrons. The van der Waals surface area contributed by atoms with E-state index >= 15 is 0 Å². The second-order valence-corrected chi connectivity index (χ2v) is 7.04. The van der Waals surface area contributed by atoms with Crippen LogP contribution in [0.5, 0.6) is 0 Å². The molecule has 3 heterocycles. The third-order valence-electron chi connectivity index (χ3n) is 5.24. The number of esters is 1. The normalized spacial score (nSPS) is 18.2. The van der Waals surface area contributed by atoms with Crippen molar-refractivity contribution in [2.24, 2.45) is 10.9 Å². The molecule has 0 aromatic carbocycles. The molecule has 0 bridgehead atoms. The summed E-state index contributed by atoms with van der Waals surface area (Å²) in [5.41, 5.74) is 1.12. The van der Waals surface area contributed by atoms with E-state index in [1.165, 1.54) is 7.11 Å². The first-order chi connectivity index (χ1) is 13.7. The average Bonchev–Trinajstić information content (AvgIpc) is 2.77. The smallest absolute Gasteiger partial charge is 0.308 e. The fourth-order valence-corrected chi connectivity index (χ4v) is 3.69. The summed E-state index contributed by atoms with van der Waals surface area (Å²) in [6.07, 6.45) is 3.42. The van der Waals surface area contributed by atoms with E-state index in [9.17, 15) is 4.79 Å². The predicted octanol–water partition coefficient (Wildman–Crippen LogP) is 1.89. The molecule has 0 unspecified atom stereocenters. The molecule has 1 aromatic rings. The van der Waals surface area contributed by atoms with Crippen LogP contribution in [0.4, 0.5) is 5.82 Å². The highest BCUT2D eigenvalue weighted by molar-refractivity contribution is 14.0. The second kappa shape index (κ2) is 12.2. The molecule has 0 atom stereocenters. The van der Waals surface area contributed by atoms with Crippen molar-refractivity contribution in [2.75, 3.05) is 57.9 Å². The number of aliphatic imine (C=N–C) groups is 1. The van der Waals surface area contributed by atoms with Crippen molar-refractivity contribution < 1.29 is 14.3 Å². The summed E-state index contributed by atoms with van der Waals surface area (Å²) in [5.74, 6) is 1.78. The third kappa shape index (κ3) is 6.43. The molecule has 0 amide bonds. The number of piperidine rings is 1. The number of rotatable bonds is 5. The van der Waals surface area contributed by atoms with E-state index in [-0.39, 0.29) is 35.9 Å². The van der Waals surface area contributed by atoms with E-state index in [4.69, 9.17) is 14.5 Å². The van der Waals surface area contributed by atoms with Gasteiger partial charge in [0.25, 0.3) is 0 Å². The molecule has 2 aliphatic rings. The Kier molecular flexibility index (Phi) is 9.92. The van der Waals surface area contributed by atoms with E-state index in [0.29, 0.717) is 6.54 Å². The first-order valence-corrected chi connectivity index (χ1v) is 10.1. The number of guanidine groups is 1. The van der Waals surface area contributed by atoms with Gasteiger partial charge in [0.2, 0.25) is 0 Å². The van der Waals surface area contributed by atoms with Gasteiger partial charge in [-0.25, -0.2) is 9.98 Å². The molecule has 2 aliphatic heterocycles. The summed E-state index contributed by atoms with van der Waals surface area (Å²) in [6, 6.07) is 4.05. The van der Waals surface area contributed by atoms with Gasteiger partial charge in [0.05, 0.1) is 32.8 Å². The first-order valence-electron chi connectivity index (χ1n) is 10.1. The van der Waals surface area contributed by atoms with Gasteiger partial charge in [-0.05, 0) is 25.8 Å². The van der Waals surface area contributed by atoms with Crippen molar-refractivity contribution in [1.29, 1.82) is 0 Å². The van der Waals surface area contributed by atoms with Crippen LogP contribution in [0.3, 0.4) is 0 Å². The molecule has 1 N–H and O–H groups in total. The number of methoxy groups -OCH3 is 1. The Labute approximate surface area is 190 Å². The van der Waals surface area contributed by atoms with Gasteiger partial charge in [-0.1, -0.05) is 6.07 Å². The van der Waals surface area contributed by atoms with Crippen LogP contribution in [0.15, 0.2) is 23.3 Å². The van der Waals surface area contributed by atoms with E-state index in [1.54, 1.807) is 0 Å². The number of nitrogens with zero attached hydrogens (tertiary/aromatic N) is 4. The maximum absolute atomic E-state index is 11.8. The van der Waals surface area contributed by atoms with E-state index in [0.717, 1.165) is 76.1 Å². The lowest BCUT2D eigenvalue weighted by Crippen LogP contribution is -2.46. The topological polar surface area (TPSA) is 79.3 Å². The predicted molar refractivity (Wildman–Crippen MR) is 124 cm³/mol. The van der Waals surface area contributed by atoms with Gasteiger partial charge in [-0.2, -0.15) is 0 Å². The van der Waals surface area contributed by atoms with Crippen LogP contribution in [-0.2, 0) is 20.8 Å². The molecule has 8 nitrogen and oxygen atoms in total. The van der Waals surface area contributed by atoms with E-state index < -0.39 is 0 Å². The van der Waals surface area contributed by atoms with Crippen LogP contribution in [-0.4, -0.2) is 74.9 Å². The minimum atomic E-state index is -0.105. The monoisotopic (exact) mass is 517 g/mol. The van der Waals surface area contributed by atoms with Crippen molar-refractivity contribution >= 4 is 41.7 Å². The lowest BCUT2D eigenvalue weighted by molar-refractivity contribution is -0.146. The minimum Gasteiger partial charge on any atom is -0.469 e. The molecule has 0 aliphatic carbocycles. The van der Waals surface area contributed by atoms with Crippen LogP contribution in [0.1, 0.15) is 25.3 Å². The summed E-state index contributed by atoms with van der Waals surface area (Å²) in [5, 5.41) is 3.39. The molecule has 2 fully saturated rings. The molecule has 0 radical (unpaired) electrons. The Morgan fingerprint density at radius 2 is 2.03 bits per heavy atom. The summed E-state index contributed by atoms with van der Waals surface area (Å²) >= 11 is 0. The number of likely N-dealkylation sites (tertiary alicyclic amines) is 1. The highest BCUT2D eigenvalue weighted by Crippen LogP contribution is 2.21. The lowest BCUT2D eigenvalue weighted by Gasteiger charge is -2.33. The Morgan fingerprint density at radius 3 is 2.69 bits per heavy atom. The number of pyridine rings is 1. The third-order valence-corrected chi connectivity index (χ3v) is 5.24. The van der Waals surface area contributed by atoms with Gasteiger partial charge in [-0.15, -0.1) is 24.0 Å². The Bertz CT molecular complexity index is 674. The fraction of sp³-hybridized carbons (Fsp3) is 0.650. The number of carbonyl (C=O) groups excluding carboxylic acids is 1. The summed E-state index contributed by atoms with van der Waals surface area (Å²) in [4.78, 5) is 25.7. The second-order valence-electron chi connectivity index (χ2n) is 7.04. The number of anilines is 1. The number of ether oxygens (including phenoxy) is 2. The van der Waals surface area contributed by atoms with E-state index in [2.05, 4.69) is 33.1 Å². The van der Waals surface area contributed by atoms with Crippen LogP contribution >= 0.6 is 24.0 Å². The SMILES string of the molecule is CCNC(=NCc1cccnc1N1CCOCC1)N1CCC(C(=O)OC)CC1.I. The number of nitrogens with one attached hydrogen (secondary N) is 1. The highest BCUT2D eigenvalue weighted by Gasteiger charge is 2.27. The quantitative estimate of drug-likeness (QED) is 0.277. The van der Waals surface area contributed by atoms with Crippen LogP contribution in [0.25, 0.3) is 0 Å². The molecular weight excluding hydrogens is 485 g/mol. The van der Waals surface area contributed by atoms with Crippen molar-refractivity contribution in [3.63, 3.8) is 0 Å². The molecule has 9 heteroatoms. The highest BCUT2D eigenvalue weighted by atomic mass is 127. The maximum Gasteiger partial charge on any atom is 0.308 e. The fourth-order valence-electron chi connectivity index (χ4n) is 3.69. The molecule has 0 spiro atoms. The largest absolute Gasteiger partial charge is 0.469 e. The number of halogens is 1. The average molecular weight is 517 g/mol. The number of carbonyl (C=O) groups is 1. The Hall–Kier alpha value is -1.62. The minimum absolute atomic E-state index is 0. The number of aromatic nitrogens is 1. The molecule has 0 saturated carbocycles. The van der Waals surface area contributed by atoms with Gasteiger partial charge in [0.15, 0.2) is 5.96 Å². The molecule has 3 rings (SSSR count). The van der Waals surface area contributed by atoms with Gasteiger partial charge in [-0.3, -0.25) is 4.79 Å². The van der Waals surface area contributed by atoms with Crippen molar-refractivity contribution in [2.45, 2.75) is 26.3 Å². The van der Waals surface area contributed by atoms with Crippen molar-refractivity contribution in [1.82, 2.24) is 15.2 Å². The van der Waals surface area contributed by atoms with Gasteiger partial charge < -0.3 is 24.6 Å². The molecule has 2 saturated heterocycles. The van der Waals surface area contributed by atoms with Crippen molar-refractivity contribution in [3.8, 4) is 0 Å². The summed E-state index contributed by atoms with van der Waals surface area (Å²) < 4.78 is 10.3. The summed E-state index contributed by atoms with van der Waals surface area (Å²) in [6.45, 7) is 8.22. The standard InChI is InChI=1S/C20H31N5O3.HI/c1-3-21-20(25-9-6-16(7-10-25)19(26)27-2)23-15-17-5-4-8-22-18(17)24-11-13-28-14-12-24;/h4-5,8,16H,3,6-7,9-15H2,1-2H3,(H,21,23);1H. The zero-order valence-electron chi connectivity index (χ0n) is 17.3. The first kappa shape index (κ1) is 23.7. The maximum atomic E-state index is 11.8. The number of morpholine rings is 1. The Balaban J connectivity index is 0.00000300. The summed E-state index contributed by atoms with van der Waals surface area (Å²) in [7, 11) is 1.46. The zero-order chi connectivity index (χ0) is 19.8. The van der Waals surface area contributed by atoms with Gasteiger partial charge in [0.1, 0.15) is 5.82 Å².